The summed E-state index contributed by atoms with van der Waals surface area (Å²) in [6, 6.07) is 13.6. The van der Waals surface area contributed by atoms with E-state index in [4.69, 9.17) is 9.47 Å². The molecule has 0 bridgehead atoms. The van der Waals surface area contributed by atoms with Crippen LogP contribution >= 0.6 is 11.3 Å². The normalized spacial score (nSPS) is 13.3. The molecule has 3 heterocycles. The fourth-order valence-electron chi connectivity index (χ4n) is 4.13. The van der Waals surface area contributed by atoms with E-state index >= 15 is 0 Å². The van der Waals surface area contributed by atoms with Crippen LogP contribution in [0, 0.1) is 11.3 Å². The highest BCUT2D eigenvalue weighted by Crippen LogP contribution is 2.37. The number of amides is 2. The first-order valence-electron chi connectivity index (χ1n) is 11.9. The van der Waals surface area contributed by atoms with Gasteiger partial charge in [0.25, 0.3) is 0 Å². The van der Waals surface area contributed by atoms with E-state index in [0.29, 0.717) is 36.7 Å². The van der Waals surface area contributed by atoms with E-state index in [9.17, 15) is 14.9 Å². The Morgan fingerprint density at radius 1 is 1.28 bits per heavy atom. The monoisotopic (exact) mass is 504 g/mol. The first-order chi connectivity index (χ1) is 17.5. The van der Waals surface area contributed by atoms with Crippen LogP contribution in [0.1, 0.15) is 53.3 Å². The number of nitriles is 1. The van der Waals surface area contributed by atoms with Gasteiger partial charge >= 0.3 is 6.09 Å². The van der Waals surface area contributed by atoms with Gasteiger partial charge in [0.05, 0.1) is 18.7 Å². The molecule has 1 aliphatic heterocycles. The number of benzene rings is 1. The largest absolute Gasteiger partial charge is 0.494 e. The van der Waals surface area contributed by atoms with Gasteiger partial charge in [-0.3, -0.25) is 9.78 Å². The summed E-state index contributed by atoms with van der Waals surface area (Å²) in [7, 11) is 0. The van der Waals surface area contributed by atoms with Gasteiger partial charge in [-0.15, -0.1) is 11.3 Å². The van der Waals surface area contributed by atoms with Crippen LogP contribution in [-0.4, -0.2) is 35.0 Å². The molecule has 3 aromatic rings. The molecule has 36 heavy (non-hydrogen) atoms. The summed E-state index contributed by atoms with van der Waals surface area (Å²) in [5.41, 5.74) is 3.26. The Bertz CT molecular complexity index is 1270. The van der Waals surface area contributed by atoms with Crippen LogP contribution in [0.25, 0.3) is 0 Å². The molecule has 1 atom stereocenters. The lowest BCUT2D eigenvalue weighted by Crippen LogP contribution is -2.35. The van der Waals surface area contributed by atoms with Crippen molar-refractivity contribution in [2.75, 3.05) is 18.5 Å². The zero-order valence-electron chi connectivity index (χ0n) is 20.3. The van der Waals surface area contributed by atoms with Gasteiger partial charge in [0.15, 0.2) is 0 Å². The number of hydrogen-bond acceptors (Lipinski definition) is 7. The zero-order valence-corrected chi connectivity index (χ0v) is 21.1. The third-order valence-corrected chi connectivity index (χ3v) is 7.15. The molecular formula is C27H28N4O4S. The van der Waals surface area contributed by atoms with Crippen molar-refractivity contribution in [3.63, 3.8) is 0 Å². The molecule has 9 heteroatoms. The minimum absolute atomic E-state index is 0.0174. The second kappa shape index (κ2) is 11.7. The number of fused-ring (bicyclic) bond motifs is 1. The molecule has 1 aliphatic rings. The van der Waals surface area contributed by atoms with Gasteiger partial charge in [-0.2, -0.15) is 5.26 Å². The van der Waals surface area contributed by atoms with Crippen molar-refractivity contribution in [2.24, 2.45) is 0 Å². The van der Waals surface area contributed by atoms with Crippen LogP contribution in [0.15, 0.2) is 48.8 Å². The van der Waals surface area contributed by atoms with Crippen molar-refractivity contribution in [2.45, 2.75) is 45.8 Å². The maximum atomic E-state index is 12.8. The number of nitrogens with zero attached hydrogens (tertiary/aromatic N) is 3. The van der Waals surface area contributed by atoms with Gasteiger partial charge < -0.3 is 19.7 Å². The number of thiophene rings is 1. The van der Waals surface area contributed by atoms with E-state index in [2.05, 4.69) is 16.4 Å². The Kier molecular flexibility index (Phi) is 8.18. The average molecular weight is 505 g/mol. The van der Waals surface area contributed by atoms with Gasteiger partial charge in [-0.1, -0.05) is 19.1 Å². The van der Waals surface area contributed by atoms with E-state index in [1.165, 1.54) is 11.3 Å². The number of pyridine rings is 1. The van der Waals surface area contributed by atoms with Crippen LogP contribution < -0.4 is 10.1 Å². The number of anilines is 1. The van der Waals surface area contributed by atoms with Crippen molar-refractivity contribution >= 4 is 28.3 Å². The third kappa shape index (κ3) is 6.01. The highest BCUT2D eigenvalue weighted by Gasteiger charge is 2.28. The molecule has 2 aromatic heterocycles. The summed E-state index contributed by atoms with van der Waals surface area (Å²) in [6.45, 7) is 5.48. The molecule has 0 unspecified atom stereocenters. The molecule has 8 nitrogen and oxygen atoms in total. The topological polar surface area (TPSA) is 105 Å². The Labute approximate surface area is 214 Å². The Hall–Kier alpha value is -3.90. The van der Waals surface area contributed by atoms with E-state index in [-0.39, 0.29) is 24.9 Å². The molecule has 4 rings (SSSR count). The van der Waals surface area contributed by atoms with Crippen LogP contribution in [0.4, 0.5) is 9.80 Å². The van der Waals surface area contributed by atoms with Gasteiger partial charge in [0, 0.05) is 30.2 Å². The van der Waals surface area contributed by atoms with Crippen LogP contribution in [0.2, 0.25) is 0 Å². The lowest BCUT2D eigenvalue weighted by Gasteiger charge is -2.26. The van der Waals surface area contributed by atoms with Crippen molar-refractivity contribution < 1.29 is 19.1 Å². The number of carbonyl (C=O) groups excluding carboxylic acids is 2. The fraction of sp³-hybridized carbons (Fsp3) is 0.333. The quantitative estimate of drug-likeness (QED) is 0.450. The first kappa shape index (κ1) is 25.2. The molecule has 0 fully saturated rings. The molecule has 1 N–H and O–H groups in total. The average Bonchev–Trinajstić information content (AvgIpc) is 3.24. The molecule has 0 radical (unpaired) electrons. The van der Waals surface area contributed by atoms with Crippen molar-refractivity contribution in [3.8, 4) is 11.8 Å². The Balaban J connectivity index is 1.38. The number of nitrogens with one attached hydrogen (secondary N) is 1. The Morgan fingerprint density at radius 3 is 2.83 bits per heavy atom. The fourth-order valence-corrected chi connectivity index (χ4v) is 5.36. The van der Waals surface area contributed by atoms with Crippen LogP contribution in [-0.2, 0) is 29.1 Å². The van der Waals surface area contributed by atoms with E-state index in [1.54, 1.807) is 29.4 Å². The molecule has 2 amide bonds. The molecule has 0 aliphatic carbocycles. The predicted octanol–water partition coefficient (Wildman–Crippen LogP) is 5.24. The summed E-state index contributed by atoms with van der Waals surface area (Å²) in [5.74, 6) is 0.605. The zero-order chi connectivity index (χ0) is 25.5. The van der Waals surface area contributed by atoms with E-state index in [1.807, 2.05) is 38.1 Å². The Morgan fingerprint density at radius 2 is 2.08 bits per heavy atom. The molecule has 0 spiro atoms. The van der Waals surface area contributed by atoms with Gasteiger partial charge in [-0.05, 0) is 60.2 Å². The molecule has 186 valence electrons. The molecule has 0 saturated carbocycles. The second-order valence-corrected chi connectivity index (χ2v) is 9.67. The highest BCUT2D eigenvalue weighted by molar-refractivity contribution is 7.16. The van der Waals surface area contributed by atoms with E-state index in [0.717, 1.165) is 27.3 Å². The molecule has 0 saturated heterocycles. The van der Waals surface area contributed by atoms with Crippen LogP contribution in [0.5, 0.6) is 5.75 Å². The highest BCUT2D eigenvalue weighted by atomic mass is 32.1. The first-order valence-corrected chi connectivity index (χ1v) is 12.7. The lowest BCUT2D eigenvalue weighted by atomic mass is 9.97. The number of ether oxygens (including phenoxy) is 2. The smallest absolute Gasteiger partial charge is 0.410 e. The predicted molar refractivity (Wildman–Crippen MR) is 137 cm³/mol. The summed E-state index contributed by atoms with van der Waals surface area (Å²) in [5, 5.41) is 13.3. The lowest BCUT2D eigenvalue weighted by molar-refractivity contribution is -0.116. The minimum Gasteiger partial charge on any atom is -0.494 e. The van der Waals surface area contributed by atoms with Gasteiger partial charge in [0.1, 0.15) is 23.4 Å². The van der Waals surface area contributed by atoms with Crippen molar-refractivity contribution in [3.05, 3.63) is 75.9 Å². The van der Waals surface area contributed by atoms with Crippen LogP contribution in [0.3, 0.4) is 0 Å². The maximum Gasteiger partial charge on any atom is 0.410 e. The van der Waals surface area contributed by atoms with Gasteiger partial charge in [0.2, 0.25) is 5.91 Å². The maximum absolute atomic E-state index is 12.8. The van der Waals surface area contributed by atoms with Gasteiger partial charge in [-0.25, -0.2) is 4.79 Å². The number of aromatic nitrogens is 1. The summed E-state index contributed by atoms with van der Waals surface area (Å²) in [6.07, 6.45) is 3.71. The number of rotatable bonds is 8. The second-order valence-electron chi connectivity index (χ2n) is 8.56. The number of hydrogen-bond donors (Lipinski definition) is 1. The molecular weight excluding hydrogens is 476 g/mol. The third-order valence-electron chi connectivity index (χ3n) is 6.02. The SMILES string of the molecule is CCOc1cccc([C@@H](C)CC(=O)Nc2sc3c(c2C#N)CCN(C(=O)OCc2ccncc2)C3)c1. The van der Waals surface area contributed by atoms with Crippen molar-refractivity contribution in [1.82, 2.24) is 9.88 Å². The summed E-state index contributed by atoms with van der Waals surface area (Å²) in [4.78, 5) is 31.9. The number of carbonyl (C=O) groups is 2. The standard InChI is InChI=1S/C27H28N4O4S/c1-3-34-21-6-4-5-20(14-21)18(2)13-25(32)30-26-23(15-28)22-9-12-31(16-24(22)36-26)27(33)35-17-19-7-10-29-11-8-19/h4-8,10-11,14,18H,3,9,12-13,16-17H2,1-2H3,(H,30,32)/t18-/m0/s1. The summed E-state index contributed by atoms with van der Waals surface area (Å²) >= 11 is 1.35. The molecule has 1 aromatic carbocycles. The van der Waals surface area contributed by atoms with E-state index < -0.39 is 6.09 Å². The summed E-state index contributed by atoms with van der Waals surface area (Å²) < 4.78 is 11.0. The minimum atomic E-state index is -0.405. The van der Waals surface area contributed by atoms with Crippen molar-refractivity contribution in [1.29, 1.82) is 5.26 Å².